The fourth-order valence-corrected chi connectivity index (χ4v) is 3.89. The highest BCUT2D eigenvalue weighted by atomic mass is 32.1. The normalized spacial score (nSPS) is 12.1. The van der Waals surface area contributed by atoms with E-state index in [1.54, 1.807) is 11.3 Å². The summed E-state index contributed by atoms with van der Waals surface area (Å²) in [5.74, 6) is 0. The zero-order valence-electron chi connectivity index (χ0n) is 13.6. The van der Waals surface area contributed by atoms with Gasteiger partial charge in [-0.2, -0.15) is 0 Å². The second kappa shape index (κ2) is 5.17. The highest BCUT2D eigenvalue weighted by Gasteiger charge is 2.14. The molecule has 0 saturated carbocycles. The van der Waals surface area contributed by atoms with Gasteiger partial charge in [-0.25, -0.2) is 4.98 Å². The summed E-state index contributed by atoms with van der Waals surface area (Å²) < 4.78 is 1.25. The van der Waals surface area contributed by atoms with E-state index in [1.165, 1.54) is 26.6 Å². The van der Waals surface area contributed by atoms with Crippen molar-refractivity contribution in [1.29, 1.82) is 0 Å². The first-order valence-electron chi connectivity index (χ1n) is 7.91. The Morgan fingerprint density at radius 2 is 1.57 bits per heavy atom. The number of rotatable bonds is 1. The Balaban J connectivity index is 1.84. The number of nitrogens with zero attached hydrogens (tertiary/aromatic N) is 1. The van der Waals surface area contributed by atoms with Crippen LogP contribution in [0.3, 0.4) is 0 Å². The lowest BCUT2D eigenvalue weighted by Gasteiger charge is -2.18. The van der Waals surface area contributed by atoms with Crippen molar-refractivity contribution in [3.63, 3.8) is 0 Å². The molecule has 23 heavy (non-hydrogen) atoms. The molecule has 114 valence electrons. The number of benzene rings is 3. The lowest BCUT2D eigenvalue weighted by molar-refractivity contribution is 0.590. The van der Waals surface area contributed by atoms with Crippen molar-refractivity contribution in [2.24, 2.45) is 0 Å². The minimum absolute atomic E-state index is 0.183. The number of hydrogen-bond acceptors (Lipinski definition) is 2. The van der Waals surface area contributed by atoms with Crippen molar-refractivity contribution >= 4 is 32.3 Å². The Morgan fingerprint density at radius 3 is 2.30 bits per heavy atom. The second-order valence-corrected chi connectivity index (χ2v) is 8.01. The van der Waals surface area contributed by atoms with Gasteiger partial charge in [0.15, 0.2) is 0 Å². The average molecular weight is 317 g/mol. The van der Waals surface area contributed by atoms with E-state index in [2.05, 4.69) is 81.4 Å². The third kappa shape index (κ3) is 2.53. The van der Waals surface area contributed by atoms with Crippen LogP contribution >= 0.6 is 11.3 Å². The van der Waals surface area contributed by atoms with E-state index in [9.17, 15) is 0 Å². The van der Waals surface area contributed by atoms with Gasteiger partial charge in [0.2, 0.25) is 0 Å². The van der Waals surface area contributed by atoms with Gasteiger partial charge in [0, 0.05) is 10.9 Å². The third-order valence-corrected chi connectivity index (χ3v) is 5.35. The van der Waals surface area contributed by atoms with Gasteiger partial charge in [0.1, 0.15) is 5.01 Å². The van der Waals surface area contributed by atoms with Crippen LogP contribution in [-0.2, 0) is 5.41 Å². The van der Waals surface area contributed by atoms with Crippen LogP contribution in [0.15, 0.2) is 60.7 Å². The number of thiazole rings is 1. The van der Waals surface area contributed by atoms with Crippen molar-refractivity contribution in [3.8, 4) is 10.6 Å². The van der Waals surface area contributed by atoms with Gasteiger partial charge in [-0.15, -0.1) is 11.3 Å². The summed E-state index contributed by atoms with van der Waals surface area (Å²) >= 11 is 1.77. The monoisotopic (exact) mass is 317 g/mol. The maximum Gasteiger partial charge on any atom is 0.124 e. The van der Waals surface area contributed by atoms with E-state index in [0.717, 1.165) is 10.5 Å². The van der Waals surface area contributed by atoms with Gasteiger partial charge in [-0.3, -0.25) is 0 Å². The van der Waals surface area contributed by atoms with Gasteiger partial charge < -0.3 is 0 Å². The summed E-state index contributed by atoms with van der Waals surface area (Å²) in [6.45, 7) is 6.73. The molecule has 0 amide bonds. The first-order chi connectivity index (χ1) is 11.0. The Morgan fingerprint density at radius 1 is 0.826 bits per heavy atom. The highest BCUT2D eigenvalue weighted by molar-refractivity contribution is 7.21. The van der Waals surface area contributed by atoms with E-state index in [1.807, 2.05) is 0 Å². The van der Waals surface area contributed by atoms with Gasteiger partial charge in [0.05, 0.1) is 10.2 Å². The molecule has 0 aliphatic heterocycles. The fraction of sp³-hybridized carbons (Fsp3) is 0.190. The molecule has 4 aromatic rings. The Hall–Kier alpha value is -2.19. The van der Waals surface area contributed by atoms with Crippen LogP contribution in [0.4, 0.5) is 0 Å². The molecule has 1 aromatic heterocycles. The molecule has 0 radical (unpaired) electrons. The Bertz CT molecular complexity index is 988. The molecule has 1 nitrogen and oxygen atoms in total. The van der Waals surface area contributed by atoms with Gasteiger partial charge in [-0.05, 0) is 22.4 Å². The summed E-state index contributed by atoms with van der Waals surface area (Å²) in [6.07, 6.45) is 0. The molecule has 0 saturated heterocycles. The van der Waals surface area contributed by atoms with Crippen molar-refractivity contribution in [1.82, 2.24) is 4.98 Å². The van der Waals surface area contributed by atoms with Crippen LogP contribution in [0.5, 0.6) is 0 Å². The number of aromatic nitrogens is 1. The Kier molecular flexibility index (Phi) is 3.24. The molecule has 0 N–H and O–H groups in total. The predicted octanol–water partition coefficient (Wildman–Crippen LogP) is 6.41. The largest absolute Gasteiger partial charge is 0.235 e. The van der Waals surface area contributed by atoms with Crippen molar-refractivity contribution < 1.29 is 0 Å². The van der Waals surface area contributed by atoms with Crippen LogP contribution in [0.1, 0.15) is 26.3 Å². The summed E-state index contributed by atoms with van der Waals surface area (Å²) in [6, 6.07) is 21.7. The lowest BCUT2D eigenvalue weighted by Crippen LogP contribution is -2.10. The molecular formula is C21H19NS. The molecule has 0 unspecified atom stereocenters. The number of fused-ring (bicyclic) bond motifs is 3. The lowest BCUT2D eigenvalue weighted by atomic mass is 9.87. The molecule has 0 aliphatic rings. The summed E-state index contributed by atoms with van der Waals surface area (Å²) in [5.41, 5.74) is 3.85. The maximum absolute atomic E-state index is 4.92. The van der Waals surface area contributed by atoms with E-state index in [4.69, 9.17) is 4.98 Å². The molecule has 0 atom stereocenters. The van der Waals surface area contributed by atoms with Crippen molar-refractivity contribution in [3.05, 3.63) is 66.2 Å². The molecule has 0 fully saturated rings. The third-order valence-electron chi connectivity index (χ3n) is 4.28. The molecule has 3 aromatic carbocycles. The van der Waals surface area contributed by atoms with E-state index in [-0.39, 0.29) is 5.41 Å². The van der Waals surface area contributed by atoms with E-state index in [0.29, 0.717) is 0 Å². The SMILES string of the molecule is CC(C)(C)c1ccc(-c2nc3c(ccc4ccccc43)s2)cc1. The highest BCUT2D eigenvalue weighted by Crippen LogP contribution is 2.35. The maximum atomic E-state index is 4.92. The fourth-order valence-electron chi connectivity index (χ4n) is 2.90. The van der Waals surface area contributed by atoms with E-state index >= 15 is 0 Å². The predicted molar refractivity (Wildman–Crippen MR) is 101 cm³/mol. The molecule has 0 spiro atoms. The molecule has 0 aliphatic carbocycles. The van der Waals surface area contributed by atoms with E-state index < -0.39 is 0 Å². The smallest absolute Gasteiger partial charge is 0.124 e. The van der Waals surface area contributed by atoms with Crippen LogP contribution in [0.2, 0.25) is 0 Å². The molecule has 1 heterocycles. The molecular weight excluding hydrogens is 298 g/mol. The Labute approximate surface area is 140 Å². The van der Waals surface area contributed by atoms with Crippen LogP contribution in [0.25, 0.3) is 31.6 Å². The summed E-state index contributed by atoms with van der Waals surface area (Å²) in [5, 5.41) is 3.58. The first-order valence-corrected chi connectivity index (χ1v) is 8.73. The van der Waals surface area contributed by atoms with Crippen LogP contribution in [0, 0.1) is 0 Å². The van der Waals surface area contributed by atoms with Gasteiger partial charge in [-0.1, -0.05) is 75.4 Å². The molecule has 4 rings (SSSR count). The quantitative estimate of drug-likeness (QED) is 0.395. The minimum Gasteiger partial charge on any atom is -0.235 e. The summed E-state index contributed by atoms with van der Waals surface area (Å²) in [7, 11) is 0. The zero-order valence-corrected chi connectivity index (χ0v) is 14.4. The molecule has 2 heteroatoms. The zero-order chi connectivity index (χ0) is 16.0. The van der Waals surface area contributed by atoms with Crippen molar-refractivity contribution in [2.75, 3.05) is 0 Å². The standard InChI is InChI=1S/C21H19NS/c1-21(2,3)16-11-8-15(9-12-16)20-22-19-17-7-5-4-6-14(17)10-13-18(19)23-20/h4-13H,1-3H3. The number of hydrogen-bond donors (Lipinski definition) is 0. The van der Waals surface area contributed by atoms with Gasteiger partial charge >= 0.3 is 0 Å². The first kappa shape index (κ1) is 14.4. The van der Waals surface area contributed by atoms with Crippen molar-refractivity contribution in [2.45, 2.75) is 26.2 Å². The van der Waals surface area contributed by atoms with Gasteiger partial charge in [0.25, 0.3) is 0 Å². The summed E-state index contributed by atoms with van der Waals surface area (Å²) in [4.78, 5) is 4.92. The topological polar surface area (TPSA) is 12.9 Å². The molecule has 0 bridgehead atoms. The van der Waals surface area contributed by atoms with Crippen LogP contribution < -0.4 is 0 Å². The second-order valence-electron chi connectivity index (χ2n) is 6.98. The minimum atomic E-state index is 0.183. The average Bonchev–Trinajstić information content (AvgIpc) is 2.99. The van der Waals surface area contributed by atoms with Crippen LogP contribution in [-0.4, -0.2) is 4.98 Å².